The van der Waals surface area contributed by atoms with E-state index in [0.29, 0.717) is 26.0 Å². The summed E-state index contributed by atoms with van der Waals surface area (Å²) in [6, 6.07) is 2.22. The van der Waals surface area contributed by atoms with Crippen molar-refractivity contribution >= 4 is 11.9 Å². The molecule has 2 rings (SSSR count). The molecule has 20 heavy (non-hydrogen) atoms. The number of hydrogen-bond acceptors (Lipinski definition) is 5. The number of ether oxygens (including phenoxy) is 2. The molecule has 2 aliphatic rings. The van der Waals surface area contributed by atoms with Crippen LogP contribution in [0.5, 0.6) is 0 Å². The fraction of sp³-hybridized carbons (Fsp3) is 0.786. The predicted octanol–water partition coefficient (Wildman–Crippen LogP) is 0.861. The lowest BCUT2D eigenvalue weighted by Crippen LogP contribution is -2.53. The van der Waals surface area contributed by atoms with Crippen LogP contribution in [0.3, 0.4) is 0 Å². The van der Waals surface area contributed by atoms with Gasteiger partial charge in [-0.3, -0.25) is 4.79 Å². The number of rotatable bonds is 2. The van der Waals surface area contributed by atoms with Crippen molar-refractivity contribution in [3.05, 3.63) is 0 Å². The zero-order valence-corrected chi connectivity index (χ0v) is 11.8. The molecular formula is C14H20N2O4. The third-order valence-corrected chi connectivity index (χ3v) is 4.15. The molecule has 0 aromatic heterocycles. The van der Waals surface area contributed by atoms with Crippen LogP contribution in [0, 0.1) is 16.7 Å². The number of hydrogen-bond donors (Lipinski definition) is 0. The summed E-state index contributed by atoms with van der Waals surface area (Å²) in [4.78, 5) is 25.8. The van der Waals surface area contributed by atoms with Crippen molar-refractivity contribution in [3.8, 4) is 6.07 Å². The summed E-state index contributed by atoms with van der Waals surface area (Å²) in [5, 5.41) is 9.44. The number of esters is 1. The summed E-state index contributed by atoms with van der Waals surface area (Å²) in [5.74, 6) is -0.631. The highest BCUT2D eigenvalue weighted by Crippen LogP contribution is 2.37. The average Bonchev–Trinajstić information content (AvgIpc) is 2.54. The molecular weight excluding hydrogens is 260 g/mol. The Hall–Kier alpha value is -1.61. The van der Waals surface area contributed by atoms with Crippen LogP contribution in [0.25, 0.3) is 0 Å². The summed E-state index contributed by atoms with van der Waals surface area (Å²) in [5.41, 5.74) is -0.906. The molecule has 6 nitrogen and oxygen atoms in total. The Kier molecular flexibility index (Phi) is 4.61. The maximum Gasteiger partial charge on any atom is 0.336 e. The van der Waals surface area contributed by atoms with E-state index in [2.05, 4.69) is 10.8 Å². The van der Waals surface area contributed by atoms with Gasteiger partial charge in [0.05, 0.1) is 26.3 Å². The quantitative estimate of drug-likeness (QED) is 0.701. The number of morpholine rings is 1. The van der Waals surface area contributed by atoms with Gasteiger partial charge >= 0.3 is 5.97 Å². The Labute approximate surface area is 118 Å². The molecule has 1 atom stereocenters. The lowest BCUT2D eigenvalue weighted by Gasteiger charge is -2.38. The van der Waals surface area contributed by atoms with E-state index >= 15 is 0 Å². The van der Waals surface area contributed by atoms with Gasteiger partial charge in [0.15, 0.2) is 6.10 Å². The third kappa shape index (κ3) is 2.78. The second-order valence-corrected chi connectivity index (χ2v) is 5.39. The van der Waals surface area contributed by atoms with Crippen LogP contribution < -0.4 is 0 Å². The minimum absolute atomic E-state index is 0.156. The first-order valence-electron chi connectivity index (χ1n) is 7.03. The van der Waals surface area contributed by atoms with Crippen molar-refractivity contribution in [1.29, 1.82) is 5.26 Å². The van der Waals surface area contributed by atoms with Crippen molar-refractivity contribution in [2.45, 2.75) is 38.2 Å². The Morgan fingerprint density at radius 2 is 2.05 bits per heavy atom. The highest BCUT2D eigenvalue weighted by Gasteiger charge is 2.44. The maximum atomic E-state index is 12.7. The molecule has 1 saturated heterocycles. The van der Waals surface area contributed by atoms with Gasteiger partial charge in [-0.05, 0) is 12.8 Å². The van der Waals surface area contributed by atoms with E-state index in [-0.39, 0.29) is 12.5 Å². The highest BCUT2D eigenvalue weighted by molar-refractivity contribution is 5.86. The molecule has 1 aliphatic carbocycles. The molecule has 0 aromatic rings. The van der Waals surface area contributed by atoms with Crippen molar-refractivity contribution in [1.82, 2.24) is 4.90 Å². The lowest BCUT2D eigenvalue weighted by molar-refractivity contribution is -0.165. The molecule has 0 spiro atoms. The molecule has 1 saturated carbocycles. The van der Waals surface area contributed by atoms with Gasteiger partial charge in [-0.1, -0.05) is 19.3 Å². The van der Waals surface area contributed by atoms with E-state index in [1.54, 1.807) is 4.90 Å². The molecule has 0 radical (unpaired) electrons. The minimum Gasteiger partial charge on any atom is -0.467 e. The number of nitriles is 1. The second kappa shape index (κ2) is 6.23. The van der Waals surface area contributed by atoms with Gasteiger partial charge in [-0.25, -0.2) is 4.79 Å². The molecule has 2 fully saturated rings. The second-order valence-electron chi connectivity index (χ2n) is 5.39. The topological polar surface area (TPSA) is 79.6 Å². The van der Waals surface area contributed by atoms with Crippen molar-refractivity contribution < 1.29 is 19.1 Å². The van der Waals surface area contributed by atoms with E-state index < -0.39 is 17.5 Å². The van der Waals surface area contributed by atoms with Crippen LogP contribution in [-0.4, -0.2) is 49.7 Å². The summed E-state index contributed by atoms with van der Waals surface area (Å²) in [6.45, 7) is 0.901. The van der Waals surface area contributed by atoms with Gasteiger partial charge in [0, 0.05) is 6.54 Å². The van der Waals surface area contributed by atoms with Crippen LogP contribution in [0.4, 0.5) is 0 Å². The Morgan fingerprint density at radius 1 is 1.35 bits per heavy atom. The molecule has 110 valence electrons. The maximum absolute atomic E-state index is 12.7. The van der Waals surface area contributed by atoms with Crippen molar-refractivity contribution in [3.63, 3.8) is 0 Å². The van der Waals surface area contributed by atoms with Crippen LogP contribution >= 0.6 is 0 Å². The fourth-order valence-electron chi connectivity index (χ4n) is 2.94. The monoisotopic (exact) mass is 280 g/mol. The van der Waals surface area contributed by atoms with Gasteiger partial charge in [0.2, 0.25) is 5.91 Å². The number of amides is 1. The third-order valence-electron chi connectivity index (χ3n) is 4.15. The van der Waals surface area contributed by atoms with E-state index in [0.717, 1.165) is 19.3 Å². The zero-order chi connectivity index (χ0) is 14.6. The molecule has 0 aromatic carbocycles. The van der Waals surface area contributed by atoms with Gasteiger partial charge in [0.1, 0.15) is 5.41 Å². The SMILES string of the molecule is COC(=O)C1CN(C(=O)C2(C#N)CCCCC2)CCO1. The molecule has 0 N–H and O–H groups in total. The average molecular weight is 280 g/mol. The first-order valence-corrected chi connectivity index (χ1v) is 7.03. The Balaban J connectivity index is 2.08. The van der Waals surface area contributed by atoms with Crippen LogP contribution in [-0.2, 0) is 19.1 Å². The lowest BCUT2D eigenvalue weighted by atomic mass is 9.74. The van der Waals surface area contributed by atoms with E-state index in [4.69, 9.17) is 4.74 Å². The Bertz CT molecular complexity index is 423. The standard InChI is InChI=1S/C14H20N2O4/c1-19-12(17)11-9-16(7-8-20-11)13(18)14(10-15)5-3-2-4-6-14/h11H,2-9H2,1H3. The smallest absolute Gasteiger partial charge is 0.336 e. The minimum atomic E-state index is -0.906. The van der Waals surface area contributed by atoms with Crippen molar-refractivity contribution in [2.24, 2.45) is 5.41 Å². The first-order chi connectivity index (χ1) is 9.63. The van der Waals surface area contributed by atoms with Crippen molar-refractivity contribution in [2.75, 3.05) is 26.8 Å². The van der Waals surface area contributed by atoms with Crippen LogP contribution in [0.2, 0.25) is 0 Å². The van der Waals surface area contributed by atoms with E-state index in [9.17, 15) is 14.9 Å². The summed E-state index contributed by atoms with van der Waals surface area (Å²) < 4.78 is 9.96. The number of carbonyl (C=O) groups is 2. The molecule has 1 amide bonds. The predicted molar refractivity (Wildman–Crippen MR) is 69.5 cm³/mol. The molecule has 0 bridgehead atoms. The van der Waals surface area contributed by atoms with E-state index in [1.165, 1.54) is 7.11 Å². The molecule has 1 unspecified atom stereocenters. The van der Waals surface area contributed by atoms with Gasteiger partial charge in [-0.2, -0.15) is 5.26 Å². The van der Waals surface area contributed by atoms with Gasteiger partial charge < -0.3 is 14.4 Å². The Morgan fingerprint density at radius 3 is 2.65 bits per heavy atom. The highest BCUT2D eigenvalue weighted by atomic mass is 16.6. The molecule has 6 heteroatoms. The number of carbonyl (C=O) groups excluding carboxylic acids is 2. The van der Waals surface area contributed by atoms with E-state index in [1.807, 2.05) is 0 Å². The van der Waals surface area contributed by atoms with Crippen LogP contribution in [0.1, 0.15) is 32.1 Å². The van der Waals surface area contributed by atoms with Gasteiger partial charge in [-0.15, -0.1) is 0 Å². The molecule has 1 aliphatic heterocycles. The fourth-order valence-corrected chi connectivity index (χ4v) is 2.94. The number of methoxy groups -OCH3 is 1. The van der Waals surface area contributed by atoms with Crippen LogP contribution in [0.15, 0.2) is 0 Å². The molecule has 1 heterocycles. The van der Waals surface area contributed by atoms with Gasteiger partial charge in [0.25, 0.3) is 0 Å². The normalized spacial score (nSPS) is 25.6. The summed E-state index contributed by atoms with van der Waals surface area (Å²) in [7, 11) is 1.30. The summed E-state index contributed by atoms with van der Waals surface area (Å²) >= 11 is 0. The largest absolute Gasteiger partial charge is 0.467 e. The first kappa shape index (κ1) is 14.8. The summed E-state index contributed by atoms with van der Waals surface area (Å²) in [6.07, 6.45) is 3.38. The zero-order valence-electron chi connectivity index (χ0n) is 11.8. The number of nitrogens with zero attached hydrogens (tertiary/aromatic N) is 2.